The summed E-state index contributed by atoms with van der Waals surface area (Å²) in [6, 6.07) is 29.0. The van der Waals surface area contributed by atoms with E-state index in [1.54, 1.807) is 97.1 Å². The third-order valence-electron chi connectivity index (χ3n) is 10.9. The molecular formula is C42H32O9. The Bertz CT molecular complexity index is 2330. The number of phenols is 8. The first-order chi connectivity index (χ1) is 24.6. The van der Waals surface area contributed by atoms with Crippen LogP contribution in [0.3, 0.4) is 0 Å². The molecule has 254 valence electrons. The van der Waals surface area contributed by atoms with Crippen molar-refractivity contribution in [2.45, 2.75) is 35.7 Å². The van der Waals surface area contributed by atoms with Gasteiger partial charge in [0.25, 0.3) is 0 Å². The molecule has 6 atom stereocenters. The zero-order chi connectivity index (χ0) is 35.3. The van der Waals surface area contributed by atoms with Gasteiger partial charge in [0.05, 0.1) is 5.92 Å². The number of fused-ring (bicyclic) bond motifs is 2. The van der Waals surface area contributed by atoms with Gasteiger partial charge in [-0.1, -0.05) is 36.4 Å². The first-order valence-corrected chi connectivity index (χ1v) is 16.6. The van der Waals surface area contributed by atoms with E-state index in [1.165, 1.54) is 12.1 Å². The fourth-order valence-corrected chi connectivity index (χ4v) is 9.08. The maximum atomic E-state index is 12.1. The molecule has 1 aliphatic heterocycles. The van der Waals surface area contributed by atoms with Crippen molar-refractivity contribution in [2.75, 3.05) is 0 Å². The van der Waals surface area contributed by atoms with Crippen molar-refractivity contribution in [3.63, 3.8) is 0 Å². The Morgan fingerprint density at radius 3 is 1.41 bits per heavy atom. The fourth-order valence-electron chi connectivity index (χ4n) is 9.08. The molecule has 2 aliphatic carbocycles. The molecule has 51 heavy (non-hydrogen) atoms. The molecule has 0 fully saturated rings. The number of phenolic OH excluding ortho intramolecular Hbond substituents is 8. The van der Waals surface area contributed by atoms with Crippen LogP contribution in [0.2, 0.25) is 0 Å². The third kappa shape index (κ3) is 4.61. The summed E-state index contributed by atoms with van der Waals surface area (Å²) in [4.78, 5) is 0. The second-order valence-electron chi connectivity index (χ2n) is 13.7. The van der Waals surface area contributed by atoms with Gasteiger partial charge in [-0.05, 0) is 88.0 Å². The van der Waals surface area contributed by atoms with E-state index in [9.17, 15) is 40.9 Å². The molecule has 9 nitrogen and oxygen atoms in total. The fraction of sp³-hybridized carbons (Fsp3) is 0.143. The smallest absolute Gasteiger partial charge is 0.135 e. The molecule has 0 saturated heterocycles. The first kappa shape index (κ1) is 30.6. The van der Waals surface area contributed by atoms with Crippen LogP contribution < -0.4 is 4.74 Å². The van der Waals surface area contributed by atoms with Crippen LogP contribution in [0, 0.1) is 0 Å². The van der Waals surface area contributed by atoms with Gasteiger partial charge in [-0.3, -0.25) is 0 Å². The molecule has 0 aromatic heterocycles. The van der Waals surface area contributed by atoms with Crippen LogP contribution in [-0.2, 0) is 0 Å². The van der Waals surface area contributed by atoms with Gasteiger partial charge in [0.2, 0.25) is 0 Å². The molecule has 8 N–H and O–H groups in total. The minimum atomic E-state index is -0.693. The summed E-state index contributed by atoms with van der Waals surface area (Å²) in [7, 11) is 0. The van der Waals surface area contributed by atoms with Crippen molar-refractivity contribution in [3.8, 4) is 51.7 Å². The van der Waals surface area contributed by atoms with Gasteiger partial charge < -0.3 is 45.6 Å². The maximum absolute atomic E-state index is 12.1. The molecule has 5 unspecified atom stereocenters. The predicted octanol–water partition coefficient (Wildman–Crippen LogP) is 7.76. The molecule has 6 aromatic carbocycles. The predicted molar refractivity (Wildman–Crippen MR) is 186 cm³/mol. The normalized spacial score (nSPS) is 22.5. The SMILES string of the molecule is Oc1ccc(C2Oc3cc(O)c4c5c3C2c2cc(O)cc(O)c2C(c2ccc(O)cc2)[C@H]5C(c2cc(O)cc(O)c2)C4c2ccc(O)cc2)cc1. The lowest BCUT2D eigenvalue weighted by molar-refractivity contribution is 0.221. The largest absolute Gasteiger partial charge is 0.508 e. The minimum Gasteiger partial charge on any atom is -0.508 e. The first-order valence-electron chi connectivity index (χ1n) is 16.6. The van der Waals surface area contributed by atoms with E-state index < -0.39 is 35.7 Å². The zero-order valence-electron chi connectivity index (χ0n) is 26.8. The number of hydrogen-bond acceptors (Lipinski definition) is 9. The van der Waals surface area contributed by atoms with Crippen LogP contribution in [0.25, 0.3) is 0 Å². The van der Waals surface area contributed by atoms with E-state index in [0.29, 0.717) is 28.0 Å². The lowest BCUT2D eigenvalue weighted by Gasteiger charge is -2.34. The summed E-state index contributed by atoms with van der Waals surface area (Å²) < 4.78 is 6.70. The number of aromatic hydroxyl groups is 8. The molecule has 0 radical (unpaired) electrons. The van der Waals surface area contributed by atoms with Crippen molar-refractivity contribution in [1.29, 1.82) is 0 Å². The third-order valence-corrected chi connectivity index (χ3v) is 10.9. The molecule has 6 aromatic rings. The lowest BCUT2D eigenvalue weighted by Crippen LogP contribution is -2.20. The Morgan fingerprint density at radius 2 is 0.843 bits per heavy atom. The highest BCUT2D eigenvalue weighted by Gasteiger charge is 2.56. The van der Waals surface area contributed by atoms with E-state index in [4.69, 9.17) is 4.74 Å². The van der Waals surface area contributed by atoms with Crippen LogP contribution in [0.5, 0.6) is 51.7 Å². The van der Waals surface area contributed by atoms with Gasteiger partial charge >= 0.3 is 0 Å². The van der Waals surface area contributed by atoms with Crippen LogP contribution in [-0.4, -0.2) is 40.9 Å². The average Bonchev–Trinajstić information content (AvgIpc) is 3.60. The highest BCUT2D eigenvalue weighted by atomic mass is 16.5. The number of hydrogen-bond donors (Lipinski definition) is 8. The monoisotopic (exact) mass is 680 g/mol. The lowest BCUT2D eigenvalue weighted by atomic mass is 9.69. The van der Waals surface area contributed by atoms with Gasteiger partial charge in [-0.15, -0.1) is 0 Å². The van der Waals surface area contributed by atoms with E-state index in [2.05, 4.69) is 0 Å². The van der Waals surface area contributed by atoms with E-state index in [0.717, 1.165) is 27.8 Å². The maximum Gasteiger partial charge on any atom is 0.135 e. The average molecular weight is 681 g/mol. The van der Waals surface area contributed by atoms with Crippen LogP contribution >= 0.6 is 0 Å². The Kier molecular flexibility index (Phi) is 6.60. The van der Waals surface area contributed by atoms with E-state index in [1.807, 2.05) is 0 Å². The van der Waals surface area contributed by atoms with E-state index >= 15 is 0 Å². The molecule has 0 bridgehead atoms. The molecule has 0 spiro atoms. The van der Waals surface area contributed by atoms with Crippen molar-refractivity contribution >= 4 is 0 Å². The molecule has 9 heteroatoms. The molecule has 1 heterocycles. The molecule has 3 aliphatic rings. The quantitative estimate of drug-likeness (QED) is 0.0927. The highest BCUT2D eigenvalue weighted by Crippen LogP contribution is 2.70. The van der Waals surface area contributed by atoms with Gasteiger partial charge in [-0.2, -0.15) is 0 Å². The zero-order valence-corrected chi connectivity index (χ0v) is 26.8. The Hall–Kier alpha value is -6.48. The van der Waals surface area contributed by atoms with E-state index in [-0.39, 0.29) is 46.0 Å². The van der Waals surface area contributed by atoms with Crippen molar-refractivity contribution in [1.82, 2.24) is 0 Å². The van der Waals surface area contributed by atoms with Crippen molar-refractivity contribution < 1.29 is 45.6 Å². The van der Waals surface area contributed by atoms with Crippen LogP contribution in [0.4, 0.5) is 0 Å². The van der Waals surface area contributed by atoms with Gasteiger partial charge in [0, 0.05) is 58.6 Å². The molecular weight excluding hydrogens is 648 g/mol. The number of rotatable bonds is 4. The van der Waals surface area contributed by atoms with Crippen LogP contribution in [0.1, 0.15) is 85.8 Å². The topological polar surface area (TPSA) is 171 Å². The molecule has 9 rings (SSSR count). The summed E-state index contributed by atoms with van der Waals surface area (Å²) in [5.74, 6) is -3.08. The van der Waals surface area contributed by atoms with Gasteiger partial charge in [-0.25, -0.2) is 0 Å². The summed E-state index contributed by atoms with van der Waals surface area (Å²) in [6.45, 7) is 0. The summed E-state index contributed by atoms with van der Waals surface area (Å²) in [5.41, 5.74) is 5.99. The Labute approximate surface area is 291 Å². The minimum absolute atomic E-state index is 0.0358. The molecule has 0 saturated carbocycles. The number of benzene rings is 6. The van der Waals surface area contributed by atoms with Gasteiger partial charge in [0.15, 0.2) is 0 Å². The Balaban J connectivity index is 1.44. The van der Waals surface area contributed by atoms with Crippen LogP contribution in [0.15, 0.2) is 109 Å². The summed E-state index contributed by atoms with van der Waals surface area (Å²) >= 11 is 0. The highest BCUT2D eigenvalue weighted by molar-refractivity contribution is 5.72. The standard InChI is InChI=1S/C42H32O9/c43-23-7-1-19(2-8-23)33-35(22-13-26(46)15-27(47)14-22)40-34(20-3-9-24(44)10-4-20)36-29(16-28(48)17-30(36)49)37-39-32(18-31(50)38(33)41(39)40)51-42(37)21-5-11-25(45)12-6-21/h1-18,33-35,37,40,42-50H/t33?,34?,35?,37?,40-,42?/m0/s1. The van der Waals surface area contributed by atoms with Gasteiger partial charge in [0.1, 0.15) is 57.8 Å². The summed E-state index contributed by atoms with van der Waals surface area (Å²) in [6.07, 6.45) is -0.693. The Morgan fingerprint density at radius 1 is 0.353 bits per heavy atom. The second-order valence-corrected chi connectivity index (χ2v) is 13.7. The second kappa shape index (κ2) is 11.0. The molecule has 0 amide bonds. The van der Waals surface area contributed by atoms with Crippen molar-refractivity contribution in [2.24, 2.45) is 0 Å². The van der Waals surface area contributed by atoms with Crippen molar-refractivity contribution in [3.05, 3.63) is 159 Å². The summed E-state index contributed by atoms with van der Waals surface area (Å²) in [5, 5.41) is 87.6. The number of ether oxygens (including phenoxy) is 1.